The standard InChI is InChI=1S/C18H17N3O4S/c1-2-25-17(22)11-16-14-5-3-4-6-15(14)19-18(26)20(16)12-7-9-13(10-8-12)21(23)24/h3-10,16H,2,11H2,1H3,(H,19,26). The van der Waals surface area contributed by atoms with Crippen molar-refractivity contribution in [2.75, 3.05) is 16.8 Å². The second-order valence-electron chi connectivity index (χ2n) is 5.69. The molecule has 1 atom stereocenters. The fourth-order valence-corrected chi connectivity index (χ4v) is 3.31. The van der Waals surface area contributed by atoms with Crippen LogP contribution >= 0.6 is 12.2 Å². The summed E-state index contributed by atoms with van der Waals surface area (Å²) in [4.78, 5) is 24.4. The first-order chi connectivity index (χ1) is 12.5. The molecule has 7 nitrogen and oxygen atoms in total. The van der Waals surface area contributed by atoms with Gasteiger partial charge in [-0.2, -0.15) is 0 Å². The highest BCUT2D eigenvalue weighted by molar-refractivity contribution is 7.80. The third kappa shape index (κ3) is 3.50. The van der Waals surface area contributed by atoms with Gasteiger partial charge in [-0.1, -0.05) is 18.2 Å². The number of rotatable bonds is 5. The van der Waals surface area contributed by atoms with Gasteiger partial charge in [-0.15, -0.1) is 0 Å². The number of anilines is 2. The third-order valence-electron chi connectivity index (χ3n) is 4.10. The Balaban J connectivity index is 2.01. The zero-order valence-electron chi connectivity index (χ0n) is 14.0. The van der Waals surface area contributed by atoms with Crippen LogP contribution in [0.3, 0.4) is 0 Å². The van der Waals surface area contributed by atoms with E-state index in [9.17, 15) is 14.9 Å². The average molecular weight is 371 g/mol. The normalized spacial score (nSPS) is 15.8. The molecule has 1 N–H and O–H groups in total. The van der Waals surface area contributed by atoms with Crippen molar-refractivity contribution >= 4 is 40.4 Å². The molecule has 8 heteroatoms. The molecule has 1 unspecified atom stereocenters. The summed E-state index contributed by atoms with van der Waals surface area (Å²) >= 11 is 5.49. The number of nitrogens with zero attached hydrogens (tertiary/aromatic N) is 2. The molecule has 0 radical (unpaired) electrons. The van der Waals surface area contributed by atoms with E-state index in [1.807, 2.05) is 24.3 Å². The molecule has 0 spiro atoms. The Kier molecular flexibility index (Phi) is 5.13. The smallest absolute Gasteiger partial charge is 0.308 e. The quantitative estimate of drug-likeness (QED) is 0.370. The molecule has 134 valence electrons. The first kappa shape index (κ1) is 17.8. The molecule has 1 heterocycles. The highest BCUT2D eigenvalue weighted by Gasteiger charge is 2.33. The first-order valence-electron chi connectivity index (χ1n) is 8.10. The lowest BCUT2D eigenvalue weighted by atomic mass is 9.97. The number of thiocarbonyl (C=S) groups is 1. The molecular formula is C18H17N3O4S. The molecule has 0 aromatic heterocycles. The van der Waals surface area contributed by atoms with E-state index < -0.39 is 4.92 Å². The number of para-hydroxylation sites is 1. The number of carbonyl (C=O) groups is 1. The van der Waals surface area contributed by atoms with Gasteiger partial charge in [0.25, 0.3) is 5.69 Å². The van der Waals surface area contributed by atoms with Crippen LogP contribution < -0.4 is 10.2 Å². The van der Waals surface area contributed by atoms with Gasteiger partial charge < -0.3 is 15.0 Å². The molecule has 0 saturated heterocycles. The number of ether oxygens (including phenoxy) is 1. The number of nitro groups is 1. The van der Waals surface area contributed by atoms with Crippen LogP contribution in [0.5, 0.6) is 0 Å². The topological polar surface area (TPSA) is 84.7 Å². The summed E-state index contributed by atoms with van der Waals surface area (Å²) in [6, 6.07) is 13.3. The fourth-order valence-electron chi connectivity index (χ4n) is 2.97. The Morgan fingerprint density at radius 3 is 2.62 bits per heavy atom. The summed E-state index contributed by atoms with van der Waals surface area (Å²) < 4.78 is 5.11. The third-order valence-corrected chi connectivity index (χ3v) is 4.39. The molecule has 3 rings (SSSR count). The minimum atomic E-state index is -0.456. The molecular weight excluding hydrogens is 354 g/mol. The van der Waals surface area contributed by atoms with E-state index in [0.29, 0.717) is 17.4 Å². The second-order valence-corrected chi connectivity index (χ2v) is 6.07. The van der Waals surface area contributed by atoms with Crippen molar-refractivity contribution in [3.8, 4) is 0 Å². The van der Waals surface area contributed by atoms with Gasteiger partial charge in [0.2, 0.25) is 0 Å². The van der Waals surface area contributed by atoms with E-state index >= 15 is 0 Å². The van der Waals surface area contributed by atoms with Crippen LogP contribution in [0, 0.1) is 10.1 Å². The molecule has 0 bridgehead atoms. The number of nitrogens with one attached hydrogen (secondary N) is 1. The number of non-ortho nitro benzene ring substituents is 1. The highest BCUT2D eigenvalue weighted by Crippen LogP contribution is 2.38. The lowest BCUT2D eigenvalue weighted by molar-refractivity contribution is -0.384. The number of carbonyl (C=O) groups excluding carboxylic acids is 1. The Morgan fingerprint density at radius 1 is 1.27 bits per heavy atom. The van der Waals surface area contributed by atoms with E-state index in [4.69, 9.17) is 17.0 Å². The predicted octanol–water partition coefficient (Wildman–Crippen LogP) is 3.81. The number of esters is 1. The summed E-state index contributed by atoms with van der Waals surface area (Å²) in [5.74, 6) is -0.330. The highest BCUT2D eigenvalue weighted by atomic mass is 32.1. The van der Waals surface area contributed by atoms with E-state index in [1.165, 1.54) is 12.1 Å². The van der Waals surface area contributed by atoms with E-state index in [1.54, 1.807) is 24.0 Å². The van der Waals surface area contributed by atoms with Crippen LogP contribution in [0.2, 0.25) is 0 Å². The molecule has 0 fully saturated rings. The fraction of sp³-hybridized carbons (Fsp3) is 0.222. The zero-order valence-corrected chi connectivity index (χ0v) is 14.9. The lowest BCUT2D eigenvalue weighted by Gasteiger charge is -2.39. The minimum absolute atomic E-state index is 0.00743. The van der Waals surface area contributed by atoms with Crippen LogP contribution in [-0.4, -0.2) is 22.6 Å². The summed E-state index contributed by atoms with van der Waals surface area (Å²) in [7, 11) is 0. The summed E-state index contributed by atoms with van der Waals surface area (Å²) in [5, 5.41) is 14.5. The average Bonchev–Trinajstić information content (AvgIpc) is 2.62. The SMILES string of the molecule is CCOC(=O)CC1c2ccccc2NC(=S)N1c1ccc([N+](=O)[O-])cc1. The van der Waals surface area contributed by atoms with Crippen molar-refractivity contribution in [3.05, 3.63) is 64.2 Å². The van der Waals surface area contributed by atoms with E-state index in [-0.39, 0.29) is 24.1 Å². The molecule has 1 aliphatic heterocycles. The number of fused-ring (bicyclic) bond motifs is 1. The zero-order chi connectivity index (χ0) is 18.7. The van der Waals surface area contributed by atoms with Crippen LogP contribution in [0.25, 0.3) is 0 Å². The Bertz CT molecular complexity index is 854. The van der Waals surface area contributed by atoms with Gasteiger partial charge in [0.15, 0.2) is 5.11 Å². The Labute approximate surface area is 155 Å². The molecule has 1 aliphatic rings. The lowest BCUT2D eigenvalue weighted by Crippen LogP contribution is -2.43. The van der Waals surface area contributed by atoms with Gasteiger partial charge in [0.1, 0.15) is 0 Å². The summed E-state index contributed by atoms with van der Waals surface area (Å²) in [6.45, 7) is 2.06. The van der Waals surface area contributed by atoms with Crippen molar-refractivity contribution < 1.29 is 14.5 Å². The number of benzene rings is 2. The van der Waals surface area contributed by atoms with Gasteiger partial charge in [-0.25, -0.2) is 0 Å². The maximum absolute atomic E-state index is 12.1. The molecule has 2 aromatic rings. The van der Waals surface area contributed by atoms with Gasteiger partial charge in [-0.3, -0.25) is 14.9 Å². The van der Waals surface area contributed by atoms with E-state index in [0.717, 1.165) is 11.3 Å². The van der Waals surface area contributed by atoms with Crippen molar-refractivity contribution in [1.29, 1.82) is 0 Å². The number of nitro benzene ring substituents is 1. The van der Waals surface area contributed by atoms with Crippen molar-refractivity contribution in [3.63, 3.8) is 0 Å². The Hall–Kier alpha value is -3.00. The largest absolute Gasteiger partial charge is 0.466 e. The predicted molar refractivity (Wildman–Crippen MR) is 102 cm³/mol. The molecule has 2 aromatic carbocycles. The van der Waals surface area contributed by atoms with Gasteiger partial charge >= 0.3 is 5.97 Å². The van der Waals surface area contributed by atoms with Crippen molar-refractivity contribution in [2.24, 2.45) is 0 Å². The molecule has 26 heavy (non-hydrogen) atoms. The van der Waals surface area contributed by atoms with Crippen molar-refractivity contribution in [2.45, 2.75) is 19.4 Å². The van der Waals surface area contributed by atoms with E-state index in [2.05, 4.69) is 5.32 Å². The summed E-state index contributed by atoms with van der Waals surface area (Å²) in [6.07, 6.45) is 0.115. The van der Waals surface area contributed by atoms with Gasteiger partial charge in [0, 0.05) is 23.5 Å². The van der Waals surface area contributed by atoms with Gasteiger partial charge in [0.05, 0.1) is 24.0 Å². The maximum atomic E-state index is 12.1. The minimum Gasteiger partial charge on any atom is -0.466 e. The van der Waals surface area contributed by atoms with Crippen LogP contribution in [-0.2, 0) is 9.53 Å². The molecule has 0 aliphatic carbocycles. The molecule has 0 amide bonds. The maximum Gasteiger partial charge on any atom is 0.308 e. The van der Waals surface area contributed by atoms with Crippen LogP contribution in [0.15, 0.2) is 48.5 Å². The monoisotopic (exact) mass is 371 g/mol. The van der Waals surface area contributed by atoms with Crippen molar-refractivity contribution in [1.82, 2.24) is 0 Å². The second kappa shape index (κ2) is 7.49. The van der Waals surface area contributed by atoms with Crippen LogP contribution in [0.1, 0.15) is 24.9 Å². The number of hydrogen-bond acceptors (Lipinski definition) is 5. The van der Waals surface area contributed by atoms with Crippen LogP contribution in [0.4, 0.5) is 17.1 Å². The van der Waals surface area contributed by atoms with Gasteiger partial charge in [-0.05, 0) is 42.9 Å². The molecule has 0 saturated carbocycles. The Morgan fingerprint density at radius 2 is 1.96 bits per heavy atom. The first-order valence-corrected chi connectivity index (χ1v) is 8.51. The number of hydrogen-bond donors (Lipinski definition) is 1. The summed E-state index contributed by atoms with van der Waals surface area (Å²) in [5.41, 5.74) is 2.40.